The monoisotopic (exact) mass is 387 g/mol. The van der Waals surface area contributed by atoms with Crippen molar-refractivity contribution in [3.63, 3.8) is 0 Å². The van der Waals surface area contributed by atoms with Crippen LogP contribution in [0.4, 0.5) is 0 Å². The number of hydrogen-bond acceptors (Lipinski definition) is 5. The number of carbonyl (C=O) groups is 1. The van der Waals surface area contributed by atoms with E-state index in [0.29, 0.717) is 10.5 Å². The lowest BCUT2D eigenvalue weighted by molar-refractivity contribution is -0.115. The third kappa shape index (κ3) is 3.29. The van der Waals surface area contributed by atoms with E-state index < -0.39 is 5.91 Å². The van der Waals surface area contributed by atoms with Crippen LogP contribution >= 0.6 is 23.1 Å². The zero-order valence-electron chi connectivity index (χ0n) is 15.3. The molecule has 0 atom stereocenters. The van der Waals surface area contributed by atoms with Gasteiger partial charge in [0.15, 0.2) is 5.16 Å². The van der Waals surface area contributed by atoms with Gasteiger partial charge in [0, 0.05) is 4.88 Å². The van der Waals surface area contributed by atoms with E-state index >= 15 is 0 Å². The van der Waals surface area contributed by atoms with E-state index in [-0.39, 0.29) is 11.3 Å². The number of aryl methyl sites for hydroxylation is 4. The van der Waals surface area contributed by atoms with E-state index in [0.717, 1.165) is 38.5 Å². The van der Waals surface area contributed by atoms with Crippen LogP contribution in [0.3, 0.4) is 0 Å². The summed E-state index contributed by atoms with van der Waals surface area (Å²) in [6, 6.07) is 5.98. The van der Waals surface area contributed by atoms with Gasteiger partial charge in [-0.2, -0.15) is 0 Å². The topological polar surface area (TPSA) is 78.0 Å². The fourth-order valence-corrected chi connectivity index (χ4v) is 4.93. The summed E-state index contributed by atoms with van der Waals surface area (Å²) in [5, 5.41) is 1.18. The Kier molecular flexibility index (Phi) is 5.20. The van der Waals surface area contributed by atoms with Crippen molar-refractivity contribution in [2.45, 2.75) is 39.3 Å². The van der Waals surface area contributed by atoms with Crippen LogP contribution in [0.25, 0.3) is 15.9 Å². The molecule has 1 aromatic carbocycles. The van der Waals surface area contributed by atoms with Gasteiger partial charge in [-0.1, -0.05) is 30.8 Å². The second kappa shape index (κ2) is 7.25. The number of primary amides is 1. The van der Waals surface area contributed by atoms with Crippen LogP contribution in [-0.4, -0.2) is 21.2 Å². The lowest BCUT2D eigenvalue weighted by Gasteiger charge is -2.15. The number of fused-ring (bicyclic) bond motifs is 1. The summed E-state index contributed by atoms with van der Waals surface area (Å²) in [5.41, 5.74) is 9.10. The third-order valence-corrected chi connectivity index (χ3v) is 6.30. The first-order valence-electron chi connectivity index (χ1n) is 8.37. The molecular formula is C19H21N3O2S2. The van der Waals surface area contributed by atoms with Gasteiger partial charge in [0.1, 0.15) is 4.83 Å². The highest BCUT2D eigenvalue weighted by molar-refractivity contribution is 7.99. The highest BCUT2D eigenvalue weighted by atomic mass is 32.2. The number of thiophene rings is 1. The number of rotatable bonds is 5. The molecule has 5 nitrogen and oxygen atoms in total. The van der Waals surface area contributed by atoms with Crippen molar-refractivity contribution in [3.8, 4) is 5.69 Å². The number of aromatic nitrogens is 2. The number of nitrogens with zero attached hydrogens (tertiary/aromatic N) is 2. The van der Waals surface area contributed by atoms with E-state index in [4.69, 9.17) is 10.7 Å². The normalized spacial score (nSPS) is 11.2. The Balaban J connectivity index is 2.38. The van der Waals surface area contributed by atoms with Crippen molar-refractivity contribution in [1.82, 2.24) is 9.55 Å². The third-order valence-electron chi connectivity index (χ3n) is 4.30. The number of benzene rings is 1. The fraction of sp³-hybridized carbons (Fsp3) is 0.316. The summed E-state index contributed by atoms with van der Waals surface area (Å²) in [6.07, 6.45) is 0.781. The molecule has 0 saturated heterocycles. The summed E-state index contributed by atoms with van der Waals surface area (Å²) in [4.78, 5) is 31.3. The predicted molar refractivity (Wildman–Crippen MR) is 109 cm³/mol. The van der Waals surface area contributed by atoms with E-state index in [9.17, 15) is 9.59 Å². The molecule has 136 valence electrons. The molecule has 0 aliphatic rings. The first-order valence-corrected chi connectivity index (χ1v) is 10.2. The van der Waals surface area contributed by atoms with Gasteiger partial charge in [-0.3, -0.25) is 14.2 Å². The lowest BCUT2D eigenvalue weighted by atomic mass is 10.1. The Bertz CT molecular complexity index is 1070. The lowest BCUT2D eigenvalue weighted by Crippen LogP contribution is -2.23. The highest BCUT2D eigenvalue weighted by Crippen LogP contribution is 2.31. The molecule has 0 spiro atoms. The van der Waals surface area contributed by atoms with Crippen molar-refractivity contribution in [2.24, 2.45) is 5.73 Å². The Hall–Kier alpha value is -2.12. The molecule has 0 unspecified atom stereocenters. The second-order valence-electron chi connectivity index (χ2n) is 6.25. The largest absolute Gasteiger partial charge is 0.369 e. The minimum Gasteiger partial charge on any atom is -0.369 e. The summed E-state index contributed by atoms with van der Waals surface area (Å²) in [6.45, 7) is 8.02. The van der Waals surface area contributed by atoms with Crippen LogP contribution < -0.4 is 11.3 Å². The molecule has 0 bridgehead atoms. The average molecular weight is 388 g/mol. The quantitative estimate of drug-likeness (QED) is 0.537. The Labute approximate surface area is 160 Å². The molecule has 3 aromatic rings. The number of hydrogen-bond donors (Lipinski definition) is 1. The molecule has 26 heavy (non-hydrogen) atoms. The minimum absolute atomic E-state index is 0.0772. The number of nitrogens with two attached hydrogens (primary N) is 1. The SMILES string of the molecule is CCc1c(C)sc2nc(SCC(N)=O)n(-c3cc(C)ccc3C)c(=O)c12. The smallest absolute Gasteiger partial charge is 0.267 e. The van der Waals surface area contributed by atoms with E-state index in [2.05, 4.69) is 0 Å². The highest BCUT2D eigenvalue weighted by Gasteiger charge is 2.20. The molecule has 2 aromatic heterocycles. The minimum atomic E-state index is -0.437. The van der Waals surface area contributed by atoms with Gasteiger partial charge in [0.25, 0.3) is 5.56 Å². The number of carbonyl (C=O) groups excluding carboxylic acids is 1. The molecule has 2 heterocycles. The molecule has 0 saturated carbocycles. The fourth-order valence-electron chi connectivity index (χ4n) is 3.03. The maximum atomic E-state index is 13.5. The first-order chi connectivity index (χ1) is 12.3. The Morgan fingerprint density at radius 3 is 2.69 bits per heavy atom. The number of thioether (sulfide) groups is 1. The second-order valence-corrected chi connectivity index (χ2v) is 8.40. The Morgan fingerprint density at radius 2 is 2.04 bits per heavy atom. The molecule has 0 radical (unpaired) electrons. The van der Waals surface area contributed by atoms with Crippen LogP contribution in [0.5, 0.6) is 0 Å². The van der Waals surface area contributed by atoms with Crippen LogP contribution in [-0.2, 0) is 11.2 Å². The van der Waals surface area contributed by atoms with Gasteiger partial charge < -0.3 is 5.73 Å². The van der Waals surface area contributed by atoms with Crippen molar-refractivity contribution >= 4 is 39.2 Å². The Morgan fingerprint density at radius 1 is 1.31 bits per heavy atom. The maximum absolute atomic E-state index is 13.5. The predicted octanol–water partition coefficient (Wildman–Crippen LogP) is 3.51. The molecule has 0 fully saturated rings. The van der Waals surface area contributed by atoms with Crippen molar-refractivity contribution in [2.75, 3.05) is 5.75 Å². The molecule has 0 aliphatic heterocycles. The van der Waals surface area contributed by atoms with Crippen molar-refractivity contribution < 1.29 is 4.79 Å². The summed E-state index contributed by atoms with van der Waals surface area (Å²) >= 11 is 2.72. The van der Waals surface area contributed by atoms with Gasteiger partial charge in [-0.25, -0.2) is 4.98 Å². The zero-order valence-corrected chi connectivity index (χ0v) is 16.9. The standard InChI is InChI=1S/C19H21N3O2S2/c1-5-13-12(4)26-17-16(13)18(24)22(19(21-17)25-9-15(20)23)14-8-10(2)6-7-11(14)3/h6-8H,5,9H2,1-4H3,(H2,20,23). The molecule has 0 aliphatic carbocycles. The molecular weight excluding hydrogens is 366 g/mol. The maximum Gasteiger partial charge on any atom is 0.267 e. The van der Waals surface area contributed by atoms with Gasteiger partial charge in [0.05, 0.1) is 16.8 Å². The van der Waals surface area contributed by atoms with Crippen LogP contribution in [0.2, 0.25) is 0 Å². The summed E-state index contributed by atoms with van der Waals surface area (Å²) < 4.78 is 1.63. The van der Waals surface area contributed by atoms with Gasteiger partial charge in [0.2, 0.25) is 5.91 Å². The van der Waals surface area contributed by atoms with Crippen LogP contribution in [0.1, 0.15) is 28.5 Å². The van der Waals surface area contributed by atoms with Gasteiger partial charge in [-0.05, 0) is 49.9 Å². The average Bonchev–Trinajstić information content (AvgIpc) is 2.91. The molecule has 1 amide bonds. The zero-order chi connectivity index (χ0) is 19.0. The van der Waals surface area contributed by atoms with E-state index in [1.165, 1.54) is 23.1 Å². The van der Waals surface area contributed by atoms with Crippen molar-refractivity contribution in [1.29, 1.82) is 0 Å². The molecule has 3 rings (SSSR count). The first kappa shape index (κ1) is 18.7. The number of amides is 1. The van der Waals surface area contributed by atoms with E-state index in [1.54, 1.807) is 4.57 Å². The molecule has 7 heteroatoms. The summed E-state index contributed by atoms with van der Waals surface area (Å²) in [5.74, 6) is -0.359. The molecule has 2 N–H and O–H groups in total. The van der Waals surface area contributed by atoms with Crippen molar-refractivity contribution in [3.05, 3.63) is 50.1 Å². The van der Waals surface area contributed by atoms with Crippen LogP contribution in [0.15, 0.2) is 28.2 Å². The summed E-state index contributed by atoms with van der Waals surface area (Å²) in [7, 11) is 0. The van der Waals surface area contributed by atoms with Gasteiger partial charge in [-0.15, -0.1) is 11.3 Å². The van der Waals surface area contributed by atoms with Crippen LogP contribution in [0, 0.1) is 20.8 Å². The van der Waals surface area contributed by atoms with Gasteiger partial charge >= 0.3 is 0 Å². The van der Waals surface area contributed by atoms with E-state index in [1.807, 2.05) is 45.9 Å².